The molecular formula is C13H19NO2. The van der Waals surface area contributed by atoms with E-state index in [2.05, 4.69) is 19.1 Å². The van der Waals surface area contributed by atoms with Crippen molar-refractivity contribution in [3.8, 4) is 0 Å². The van der Waals surface area contributed by atoms with Crippen LogP contribution in [0.5, 0.6) is 0 Å². The summed E-state index contributed by atoms with van der Waals surface area (Å²) in [6, 6.07) is 6.15. The Labute approximate surface area is 97.0 Å². The van der Waals surface area contributed by atoms with E-state index < -0.39 is 0 Å². The highest BCUT2D eigenvalue weighted by atomic mass is 16.6. The number of ether oxygens (including phenoxy) is 1. The lowest BCUT2D eigenvalue weighted by molar-refractivity contribution is 0.143. The third-order valence-corrected chi connectivity index (χ3v) is 2.54. The zero-order valence-electron chi connectivity index (χ0n) is 10.4. The highest BCUT2D eigenvalue weighted by Gasteiger charge is 2.21. The molecule has 3 heteroatoms. The second-order valence-electron chi connectivity index (χ2n) is 3.43. The average molecular weight is 221 g/mol. The number of benzene rings is 1. The Hall–Kier alpha value is -1.51. The number of carbonyl (C=O) groups excluding carboxylic acids is 1. The summed E-state index contributed by atoms with van der Waals surface area (Å²) in [6.07, 6.45) is 0.710. The van der Waals surface area contributed by atoms with Crippen LogP contribution in [-0.4, -0.2) is 13.1 Å². The van der Waals surface area contributed by atoms with E-state index in [4.69, 9.17) is 4.74 Å². The fourth-order valence-electron chi connectivity index (χ4n) is 1.60. The summed E-state index contributed by atoms with van der Waals surface area (Å²) in [5, 5.41) is 0. The molecule has 1 heterocycles. The van der Waals surface area contributed by atoms with Crippen molar-refractivity contribution in [2.24, 2.45) is 0 Å². The van der Waals surface area contributed by atoms with Gasteiger partial charge in [0.2, 0.25) is 0 Å². The minimum absolute atomic E-state index is 0.272. The maximum atomic E-state index is 11.3. The lowest BCUT2D eigenvalue weighted by Gasteiger charge is -2.25. The molecule has 2 rings (SSSR count). The fourth-order valence-corrected chi connectivity index (χ4v) is 1.60. The molecule has 0 unspecified atom stereocenters. The Kier molecular flexibility index (Phi) is 4.35. The molecule has 0 aliphatic carbocycles. The van der Waals surface area contributed by atoms with Crippen molar-refractivity contribution in [1.29, 1.82) is 0 Å². The first-order valence-corrected chi connectivity index (χ1v) is 5.74. The van der Waals surface area contributed by atoms with Crippen LogP contribution in [0.2, 0.25) is 0 Å². The van der Waals surface area contributed by atoms with Crippen molar-refractivity contribution < 1.29 is 9.53 Å². The molecule has 0 saturated carbocycles. The number of hydrogen-bond donors (Lipinski definition) is 0. The molecular weight excluding hydrogens is 202 g/mol. The average Bonchev–Trinajstić information content (AvgIpc) is 2.36. The molecule has 88 valence electrons. The van der Waals surface area contributed by atoms with E-state index in [1.165, 1.54) is 5.56 Å². The van der Waals surface area contributed by atoms with Gasteiger partial charge in [0.1, 0.15) is 6.61 Å². The maximum Gasteiger partial charge on any atom is 0.414 e. The molecule has 0 N–H and O–H groups in total. The van der Waals surface area contributed by atoms with Gasteiger partial charge in [-0.3, -0.25) is 4.90 Å². The number of cyclic esters (lactones) is 1. The lowest BCUT2D eigenvalue weighted by Crippen LogP contribution is -2.31. The molecule has 0 fully saturated rings. The van der Waals surface area contributed by atoms with Crippen molar-refractivity contribution in [2.45, 2.75) is 33.8 Å². The third kappa shape index (κ3) is 2.35. The van der Waals surface area contributed by atoms with E-state index in [0.29, 0.717) is 6.61 Å². The normalized spacial score (nSPS) is 13.5. The number of hydrogen-bond acceptors (Lipinski definition) is 2. The summed E-state index contributed by atoms with van der Waals surface area (Å²) >= 11 is 0. The predicted octanol–water partition coefficient (Wildman–Crippen LogP) is 3.36. The summed E-state index contributed by atoms with van der Waals surface area (Å²) in [5.41, 5.74) is 3.29. The van der Waals surface area contributed by atoms with E-state index in [-0.39, 0.29) is 6.09 Å². The summed E-state index contributed by atoms with van der Waals surface area (Å²) in [5.74, 6) is 0. The van der Waals surface area contributed by atoms with Crippen LogP contribution in [0.4, 0.5) is 10.5 Å². The first-order valence-electron chi connectivity index (χ1n) is 5.74. The number of carbonyl (C=O) groups is 1. The van der Waals surface area contributed by atoms with E-state index in [1.54, 1.807) is 11.9 Å². The number of anilines is 1. The van der Waals surface area contributed by atoms with Crippen LogP contribution >= 0.6 is 0 Å². The monoisotopic (exact) mass is 221 g/mol. The van der Waals surface area contributed by atoms with Gasteiger partial charge in [0, 0.05) is 12.6 Å². The van der Waals surface area contributed by atoms with E-state index in [1.807, 2.05) is 19.9 Å². The van der Waals surface area contributed by atoms with Gasteiger partial charge in [-0.25, -0.2) is 4.79 Å². The summed E-state index contributed by atoms with van der Waals surface area (Å²) in [6.45, 7) is 6.49. The number of amides is 1. The van der Waals surface area contributed by atoms with Crippen molar-refractivity contribution in [1.82, 2.24) is 0 Å². The van der Waals surface area contributed by atoms with Crippen molar-refractivity contribution in [3.63, 3.8) is 0 Å². The zero-order valence-corrected chi connectivity index (χ0v) is 10.4. The van der Waals surface area contributed by atoms with Gasteiger partial charge in [-0.15, -0.1) is 0 Å². The van der Waals surface area contributed by atoms with Crippen LogP contribution in [0.3, 0.4) is 0 Å². The van der Waals surface area contributed by atoms with Crippen LogP contribution in [0.1, 0.15) is 31.9 Å². The molecule has 0 atom stereocenters. The summed E-state index contributed by atoms with van der Waals surface area (Å²) in [7, 11) is 1.74. The highest BCUT2D eigenvalue weighted by molar-refractivity contribution is 5.89. The van der Waals surface area contributed by atoms with Crippen LogP contribution in [0, 0.1) is 0 Å². The van der Waals surface area contributed by atoms with Crippen LogP contribution < -0.4 is 4.90 Å². The molecule has 1 aliphatic heterocycles. The number of rotatable bonds is 1. The molecule has 0 aromatic heterocycles. The molecule has 1 amide bonds. The van der Waals surface area contributed by atoms with Gasteiger partial charge >= 0.3 is 6.09 Å². The molecule has 1 aliphatic rings. The Bertz CT molecular complexity index is 374. The maximum absolute atomic E-state index is 11.3. The molecule has 1 aromatic rings. The molecule has 1 aromatic carbocycles. The van der Waals surface area contributed by atoms with E-state index in [0.717, 1.165) is 17.7 Å². The van der Waals surface area contributed by atoms with Gasteiger partial charge in [0.05, 0.1) is 5.69 Å². The quantitative estimate of drug-likeness (QED) is 0.727. The minimum atomic E-state index is -0.272. The van der Waals surface area contributed by atoms with Gasteiger partial charge in [-0.05, 0) is 18.1 Å². The zero-order chi connectivity index (χ0) is 12.1. The first kappa shape index (κ1) is 12.6. The van der Waals surface area contributed by atoms with Crippen molar-refractivity contribution in [3.05, 3.63) is 29.3 Å². The molecule has 0 spiro atoms. The number of nitrogens with zero attached hydrogens (tertiary/aromatic N) is 1. The molecule has 0 bridgehead atoms. The predicted molar refractivity (Wildman–Crippen MR) is 65.8 cm³/mol. The second kappa shape index (κ2) is 5.54. The Morgan fingerprint density at radius 2 is 2.06 bits per heavy atom. The molecule has 0 saturated heterocycles. The lowest BCUT2D eigenvalue weighted by atomic mass is 10.1. The van der Waals surface area contributed by atoms with Crippen molar-refractivity contribution in [2.75, 3.05) is 11.9 Å². The van der Waals surface area contributed by atoms with Crippen LogP contribution in [0.15, 0.2) is 18.2 Å². The number of aryl methyl sites for hydroxylation is 1. The molecule has 3 nitrogen and oxygen atoms in total. The SMILES string of the molecule is CC.CCc1ccc2c(c1)N(C)C(=O)OC2. The Morgan fingerprint density at radius 1 is 1.38 bits per heavy atom. The van der Waals surface area contributed by atoms with Crippen molar-refractivity contribution >= 4 is 11.8 Å². The first-order chi connectivity index (χ1) is 7.72. The van der Waals surface area contributed by atoms with Crippen LogP contribution in [-0.2, 0) is 17.8 Å². The molecule has 16 heavy (non-hydrogen) atoms. The second-order valence-corrected chi connectivity index (χ2v) is 3.43. The Morgan fingerprint density at radius 3 is 2.69 bits per heavy atom. The summed E-state index contributed by atoms with van der Waals surface area (Å²) in [4.78, 5) is 12.8. The number of fused-ring (bicyclic) bond motifs is 1. The van der Waals surface area contributed by atoms with E-state index >= 15 is 0 Å². The van der Waals surface area contributed by atoms with Crippen LogP contribution in [0.25, 0.3) is 0 Å². The molecule has 0 radical (unpaired) electrons. The van der Waals surface area contributed by atoms with Gasteiger partial charge in [0.25, 0.3) is 0 Å². The minimum Gasteiger partial charge on any atom is -0.444 e. The topological polar surface area (TPSA) is 29.5 Å². The smallest absolute Gasteiger partial charge is 0.414 e. The third-order valence-electron chi connectivity index (χ3n) is 2.54. The fraction of sp³-hybridized carbons (Fsp3) is 0.462. The largest absolute Gasteiger partial charge is 0.444 e. The highest BCUT2D eigenvalue weighted by Crippen LogP contribution is 2.26. The van der Waals surface area contributed by atoms with Gasteiger partial charge < -0.3 is 4.74 Å². The van der Waals surface area contributed by atoms with Gasteiger partial charge in [0.15, 0.2) is 0 Å². The Balaban J connectivity index is 0.000000606. The summed E-state index contributed by atoms with van der Waals surface area (Å²) < 4.78 is 4.98. The van der Waals surface area contributed by atoms with E-state index in [9.17, 15) is 4.79 Å². The van der Waals surface area contributed by atoms with Gasteiger partial charge in [-0.1, -0.05) is 32.9 Å². The van der Waals surface area contributed by atoms with Gasteiger partial charge in [-0.2, -0.15) is 0 Å². The standard InChI is InChI=1S/C11H13NO2.C2H6/c1-3-8-4-5-9-7-14-11(13)12(2)10(9)6-8;1-2/h4-6H,3,7H2,1-2H3;1-2H3.